The minimum absolute atomic E-state index is 0.0421. The van der Waals surface area contributed by atoms with Crippen LogP contribution >= 0.6 is 0 Å². The number of rotatable bonds is 7. The van der Waals surface area contributed by atoms with E-state index in [9.17, 15) is 10.1 Å². The van der Waals surface area contributed by atoms with E-state index in [1.54, 1.807) is 19.1 Å². The lowest BCUT2D eigenvalue weighted by Crippen LogP contribution is -2.04. The van der Waals surface area contributed by atoms with E-state index in [-0.39, 0.29) is 18.0 Å². The van der Waals surface area contributed by atoms with E-state index in [0.717, 1.165) is 5.69 Å². The number of nitro benzene ring substituents is 1. The van der Waals surface area contributed by atoms with Gasteiger partial charge >= 0.3 is 5.69 Å². The van der Waals surface area contributed by atoms with E-state index in [0.29, 0.717) is 19.6 Å². The number of nitro groups is 1. The smallest absolute Gasteiger partial charge is 0.311 e. The van der Waals surface area contributed by atoms with Crippen LogP contribution in [-0.4, -0.2) is 29.8 Å². The fraction of sp³-hybridized carbons (Fsp3) is 0.455. The quantitative estimate of drug-likeness (QED) is 0.431. The first-order chi connectivity index (χ1) is 8.19. The van der Waals surface area contributed by atoms with E-state index < -0.39 is 4.92 Å². The summed E-state index contributed by atoms with van der Waals surface area (Å²) in [6.45, 7) is 2.87. The highest BCUT2D eigenvalue weighted by Crippen LogP contribution is 2.29. The molecule has 0 fully saturated rings. The summed E-state index contributed by atoms with van der Waals surface area (Å²) in [4.78, 5) is 10.3. The van der Waals surface area contributed by atoms with Gasteiger partial charge in [-0.1, -0.05) is 0 Å². The van der Waals surface area contributed by atoms with Gasteiger partial charge in [-0.3, -0.25) is 10.1 Å². The summed E-state index contributed by atoms with van der Waals surface area (Å²) in [5.74, 6) is 0.256. The first-order valence-corrected chi connectivity index (χ1v) is 5.45. The number of hydrogen-bond acceptors (Lipinski definition) is 5. The topological polar surface area (TPSA) is 84.6 Å². The lowest BCUT2D eigenvalue weighted by atomic mass is 10.2. The van der Waals surface area contributed by atoms with Gasteiger partial charge in [0.15, 0.2) is 5.75 Å². The van der Waals surface area contributed by atoms with Crippen LogP contribution in [0.15, 0.2) is 18.2 Å². The van der Waals surface area contributed by atoms with Crippen molar-refractivity contribution >= 4 is 11.4 Å². The molecule has 0 atom stereocenters. The fourth-order valence-electron chi connectivity index (χ4n) is 1.36. The highest BCUT2D eigenvalue weighted by molar-refractivity contribution is 5.57. The number of aliphatic hydroxyl groups excluding tert-OH is 1. The zero-order valence-electron chi connectivity index (χ0n) is 9.68. The molecule has 0 aliphatic heterocycles. The molecule has 0 radical (unpaired) electrons. The second-order valence-electron chi connectivity index (χ2n) is 3.38. The molecular formula is C11H16N2O4. The molecule has 6 heteroatoms. The Morgan fingerprint density at radius 3 is 2.88 bits per heavy atom. The van der Waals surface area contributed by atoms with Gasteiger partial charge in [0.1, 0.15) is 0 Å². The number of ether oxygens (including phenoxy) is 1. The molecule has 0 aliphatic rings. The summed E-state index contributed by atoms with van der Waals surface area (Å²) in [7, 11) is 0. The van der Waals surface area contributed by atoms with Crippen molar-refractivity contribution in [3.05, 3.63) is 28.3 Å². The number of hydrogen-bond donors (Lipinski definition) is 2. The standard InChI is InChI=1S/C11H16N2O4/c1-2-17-11-8-9(12-6-3-7-14)4-5-10(11)13(15)16/h4-5,8,12,14H,2-3,6-7H2,1H3. The predicted molar refractivity (Wildman–Crippen MR) is 64.5 cm³/mol. The SMILES string of the molecule is CCOc1cc(NCCCO)ccc1[N+](=O)[O-]. The molecule has 6 nitrogen and oxygen atoms in total. The summed E-state index contributed by atoms with van der Waals surface area (Å²) in [6.07, 6.45) is 0.626. The summed E-state index contributed by atoms with van der Waals surface area (Å²) < 4.78 is 5.21. The summed E-state index contributed by atoms with van der Waals surface area (Å²) in [5.41, 5.74) is 0.701. The molecule has 0 saturated heterocycles. The van der Waals surface area contributed by atoms with Crippen molar-refractivity contribution in [3.63, 3.8) is 0 Å². The van der Waals surface area contributed by atoms with E-state index in [1.807, 2.05) is 0 Å². The molecule has 2 N–H and O–H groups in total. The first kappa shape index (κ1) is 13.2. The maximum atomic E-state index is 10.7. The maximum Gasteiger partial charge on any atom is 0.311 e. The van der Waals surface area contributed by atoms with Gasteiger partial charge in [0.25, 0.3) is 0 Å². The molecule has 0 saturated carbocycles. The molecular weight excluding hydrogens is 224 g/mol. The number of anilines is 1. The second-order valence-corrected chi connectivity index (χ2v) is 3.38. The lowest BCUT2D eigenvalue weighted by Gasteiger charge is -2.08. The van der Waals surface area contributed by atoms with Crippen LogP contribution < -0.4 is 10.1 Å². The number of aliphatic hydroxyl groups is 1. The number of benzene rings is 1. The molecule has 1 rings (SSSR count). The monoisotopic (exact) mass is 240 g/mol. The highest BCUT2D eigenvalue weighted by Gasteiger charge is 2.14. The Bertz CT molecular complexity index is 382. The third-order valence-electron chi connectivity index (χ3n) is 2.12. The third kappa shape index (κ3) is 3.92. The van der Waals surface area contributed by atoms with Crippen molar-refractivity contribution in [2.45, 2.75) is 13.3 Å². The Balaban J connectivity index is 2.81. The number of nitrogens with one attached hydrogen (secondary N) is 1. The molecule has 0 spiro atoms. The Kier molecular flexibility index (Phi) is 5.22. The van der Waals surface area contributed by atoms with Crippen LogP contribution in [0.1, 0.15) is 13.3 Å². The van der Waals surface area contributed by atoms with Crippen molar-refractivity contribution in [3.8, 4) is 5.75 Å². The molecule has 0 heterocycles. The van der Waals surface area contributed by atoms with Crippen LogP contribution in [0, 0.1) is 10.1 Å². The van der Waals surface area contributed by atoms with E-state index >= 15 is 0 Å². The van der Waals surface area contributed by atoms with Gasteiger partial charge in [-0.15, -0.1) is 0 Å². The Labute approximate surface area is 99.4 Å². The summed E-state index contributed by atoms with van der Waals surface area (Å²) in [6, 6.07) is 4.63. The third-order valence-corrected chi connectivity index (χ3v) is 2.12. The highest BCUT2D eigenvalue weighted by atomic mass is 16.6. The first-order valence-electron chi connectivity index (χ1n) is 5.45. The van der Waals surface area contributed by atoms with Gasteiger partial charge in [0.2, 0.25) is 0 Å². The van der Waals surface area contributed by atoms with Crippen LogP contribution in [0.2, 0.25) is 0 Å². The average Bonchev–Trinajstić information content (AvgIpc) is 2.30. The Morgan fingerprint density at radius 1 is 1.53 bits per heavy atom. The van der Waals surface area contributed by atoms with Crippen LogP contribution in [-0.2, 0) is 0 Å². The molecule has 17 heavy (non-hydrogen) atoms. The zero-order chi connectivity index (χ0) is 12.7. The van der Waals surface area contributed by atoms with Crippen LogP contribution in [0.4, 0.5) is 11.4 Å². The summed E-state index contributed by atoms with van der Waals surface area (Å²) >= 11 is 0. The minimum Gasteiger partial charge on any atom is -0.487 e. The van der Waals surface area contributed by atoms with Gasteiger partial charge in [-0.2, -0.15) is 0 Å². The molecule has 0 bridgehead atoms. The Morgan fingerprint density at radius 2 is 2.29 bits per heavy atom. The zero-order valence-corrected chi connectivity index (χ0v) is 9.68. The van der Waals surface area contributed by atoms with Crippen molar-refractivity contribution in [1.29, 1.82) is 0 Å². The van der Waals surface area contributed by atoms with Gasteiger partial charge in [-0.25, -0.2) is 0 Å². The Hall–Kier alpha value is -1.82. The molecule has 0 aliphatic carbocycles. The van der Waals surface area contributed by atoms with E-state index in [2.05, 4.69) is 5.32 Å². The molecule has 1 aromatic rings. The van der Waals surface area contributed by atoms with E-state index in [1.165, 1.54) is 6.07 Å². The van der Waals surface area contributed by atoms with Gasteiger partial charge in [-0.05, 0) is 19.4 Å². The molecule has 0 amide bonds. The minimum atomic E-state index is -0.470. The second kappa shape index (κ2) is 6.70. The lowest BCUT2D eigenvalue weighted by molar-refractivity contribution is -0.385. The molecule has 0 unspecified atom stereocenters. The predicted octanol–water partition coefficient (Wildman–Crippen LogP) is 1.79. The molecule has 94 valence electrons. The van der Waals surface area contributed by atoms with Crippen molar-refractivity contribution in [2.75, 3.05) is 25.1 Å². The van der Waals surface area contributed by atoms with Crippen LogP contribution in [0.3, 0.4) is 0 Å². The van der Waals surface area contributed by atoms with Crippen LogP contribution in [0.5, 0.6) is 5.75 Å². The van der Waals surface area contributed by atoms with Crippen molar-refractivity contribution in [2.24, 2.45) is 0 Å². The van der Waals surface area contributed by atoms with E-state index in [4.69, 9.17) is 9.84 Å². The van der Waals surface area contributed by atoms with Crippen molar-refractivity contribution < 1.29 is 14.8 Å². The van der Waals surface area contributed by atoms with Gasteiger partial charge in [0, 0.05) is 31.0 Å². The van der Waals surface area contributed by atoms with Crippen molar-refractivity contribution in [1.82, 2.24) is 0 Å². The largest absolute Gasteiger partial charge is 0.487 e. The maximum absolute atomic E-state index is 10.7. The van der Waals surface area contributed by atoms with Gasteiger partial charge in [0.05, 0.1) is 11.5 Å². The van der Waals surface area contributed by atoms with Crippen LogP contribution in [0.25, 0.3) is 0 Å². The van der Waals surface area contributed by atoms with Gasteiger partial charge < -0.3 is 15.2 Å². The molecule has 1 aromatic carbocycles. The fourth-order valence-corrected chi connectivity index (χ4v) is 1.36. The molecule has 0 aromatic heterocycles. The summed E-state index contributed by atoms with van der Waals surface area (Å²) in [5, 5.41) is 22.4. The normalized spacial score (nSPS) is 10.0. The average molecular weight is 240 g/mol. The number of nitrogens with zero attached hydrogens (tertiary/aromatic N) is 1.